The summed E-state index contributed by atoms with van der Waals surface area (Å²) in [7, 11) is 0. The van der Waals surface area contributed by atoms with Gasteiger partial charge in [-0.2, -0.15) is 0 Å². The summed E-state index contributed by atoms with van der Waals surface area (Å²) in [5.41, 5.74) is 6.64. The van der Waals surface area contributed by atoms with Crippen LogP contribution in [-0.4, -0.2) is 39.1 Å². The summed E-state index contributed by atoms with van der Waals surface area (Å²) in [6, 6.07) is 11.6. The molecule has 2 N–H and O–H groups in total. The zero-order chi connectivity index (χ0) is 19.8. The second kappa shape index (κ2) is 7.67. The van der Waals surface area contributed by atoms with Crippen molar-refractivity contribution in [3.05, 3.63) is 75.6 Å². The van der Waals surface area contributed by atoms with Crippen molar-refractivity contribution in [2.45, 2.75) is 25.0 Å². The number of hydrogen-bond donors (Lipinski definition) is 2. The molecule has 2 aromatic heterocycles. The van der Waals surface area contributed by atoms with Gasteiger partial charge in [-0.05, 0) is 49.2 Å². The molecular formula is C21H22ClN5O2. The number of pyridine rings is 1. The van der Waals surface area contributed by atoms with Crippen LogP contribution in [0.4, 0.5) is 0 Å². The van der Waals surface area contributed by atoms with Crippen LogP contribution in [0.3, 0.4) is 0 Å². The summed E-state index contributed by atoms with van der Waals surface area (Å²) < 4.78 is 1.89. The van der Waals surface area contributed by atoms with E-state index < -0.39 is 0 Å². The minimum atomic E-state index is -0.152. The molecule has 0 aliphatic carbocycles. The average molecular weight is 412 g/mol. The Morgan fingerprint density at radius 2 is 2.07 bits per heavy atom. The molecule has 0 bridgehead atoms. The molecule has 0 radical (unpaired) electrons. The lowest BCUT2D eigenvalue weighted by Gasteiger charge is -2.32. The fourth-order valence-corrected chi connectivity index (χ4v) is 4.38. The predicted molar refractivity (Wildman–Crippen MR) is 112 cm³/mol. The number of aromatic amines is 1. The van der Waals surface area contributed by atoms with Crippen molar-refractivity contribution in [2.75, 3.05) is 19.6 Å². The van der Waals surface area contributed by atoms with Gasteiger partial charge in [0, 0.05) is 36.9 Å². The van der Waals surface area contributed by atoms with Crippen molar-refractivity contribution in [3.8, 4) is 0 Å². The van der Waals surface area contributed by atoms with Crippen LogP contribution in [0.2, 0.25) is 5.02 Å². The van der Waals surface area contributed by atoms with Crippen molar-refractivity contribution in [1.82, 2.24) is 24.9 Å². The van der Waals surface area contributed by atoms with E-state index in [2.05, 4.69) is 26.4 Å². The molecule has 1 unspecified atom stereocenters. The number of nitrogens with one attached hydrogen (secondary N) is 2. The second-order valence-corrected chi connectivity index (χ2v) is 7.99. The SMILES string of the molecule is O=c1[nH]c2cc(Cl)ccc2n1C1CCN(CC2=CC(c3ccccn3)ON2)CC1. The van der Waals surface area contributed by atoms with Crippen LogP contribution in [0.15, 0.2) is 59.2 Å². The maximum absolute atomic E-state index is 12.5. The van der Waals surface area contributed by atoms with Gasteiger partial charge in [0.1, 0.15) is 6.10 Å². The van der Waals surface area contributed by atoms with Crippen LogP contribution in [0.5, 0.6) is 0 Å². The highest BCUT2D eigenvalue weighted by Gasteiger charge is 2.26. The topological polar surface area (TPSA) is 75.2 Å². The smallest absolute Gasteiger partial charge is 0.305 e. The maximum atomic E-state index is 12.5. The van der Waals surface area contributed by atoms with E-state index in [-0.39, 0.29) is 17.8 Å². The van der Waals surface area contributed by atoms with E-state index in [4.69, 9.17) is 16.4 Å². The fourth-order valence-electron chi connectivity index (χ4n) is 4.21. The van der Waals surface area contributed by atoms with Gasteiger partial charge in [-0.3, -0.25) is 24.8 Å². The standard InChI is InChI=1S/C21H22ClN5O2/c22-14-4-5-19-18(11-14)24-21(28)27(19)16-6-9-26(10-7-16)13-15-12-20(29-25-15)17-3-1-2-8-23-17/h1-5,8,11-12,16,20,25H,6-7,9-10,13H2,(H,24,28). The first-order chi connectivity index (χ1) is 14.2. The van der Waals surface area contributed by atoms with Gasteiger partial charge in [-0.25, -0.2) is 4.79 Å². The lowest BCUT2D eigenvalue weighted by molar-refractivity contribution is 0.0359. The number of likely N-dealkylation sites (tertiary alicyclic amines) is 1. The molecule has 2 aliphatic heterocycles. The van der Waals surface area contributed by atoms with Gasteiger partial charge in [-0.1, -0.05) is 17.7 Å². The van der Waals surface area contributed by atoms with Gasteiger partial charge in [0.05, 0.1) is 22.4 Å². The summed E-state index contributed by atoms with van der Waals surface area (Å²) in [5.74, 6) is 0. The van der Waals surface area contributed by atoms with Crippen molar-refractivity contribution in [1.29, 1.82) is 0 Å². The Balaban J connectivity index is 1.24. The van der Waals surface area contributed by atoms with E-state index in [0.717, 1.165) is 54.9 Å². The molecule has 0 spiro atoms. The molecule has 7 nitrogen and oxygen atoms in total. The Bertz CT molecular complexity index is 1100. The maximum Gasteiger partial charge on any atom is 0.326 e. The Morgan fingerprint density at radius 1 is 1.21 bits per heavy atom. The van der Waals surface area contributed by atoms with Crippen LogP contribution in [0.25, 0.3) is 11.0 Å². The summed E-state index contributed by atoms with van der Waals surface area (Å²) >= 11 is 6.05. The van der Waals surface area contributed by atoms with Gasteiger partial charge in [0.2, 0.25) is 0 Å². The van der Waals surface area contributed by atoms with E-state index in [9.17, 15) is 4.79 Å². The van der Waals surface area contributed by atoms with Gasteiger partial charge in [0.15, 0.2) is 0 Å². The van der Waals surface area contributed by atoms with Crippen molar-refractivity contribution < 1.29 is 4.84 Å². The largest absolute Gasteiger partial charge is 0.326 e. The summed E-state index contributed by atoms with van der Waals surface area (Å²) in [6.45, 7) is 2.64. The number of nitrogens with zero attached hydrogens (tertiary/aromatic N) is 3. The Kier molecular flexibility index (Phi) is 4.87. The van der Waals surface area contributed by atoms with Gasteiger partial charge < -0.3 is 4.98 Å². The first-order valence-corrected chi connectivity index (χ1v) is 10.2. The highest BCUT2D eigenvalue weighted by molar-refractivity contribution is 6.31. The molecule has 1 aromatic carbocycles. The van der Waals surface area contributed by atoms with E-state index >= 15 is 0 Å². The van der Waals surface area contributed by atoms with Crippen LogP contribution < -0.4 is 11.2 Å². The molecule has 29 heavy (non-hydrogen) atoms. The number of aromatic nitrogens is 3. The Labute approximate surface area is 172 Å². The molecular weight excluding hydrogens is 390 g/mol. The van der Waals surface area contributed by atoms with E-state index in [0.29, 0.717) is 5.02 Å². The molecule has 3 aromatic rings. The first kappa shape index (κ1) is 18.4. The number of imidazole rings is 1. The third-order valence-electron chi connectivity index (χ3n) is 5.64. The molecule has 150 valence electrons. The van der Waals surface area contributed by atoms with Crippen LogP contribution in [0.1, 0.15) is 30.7 Å². The van der Waals surface area contributed by atoms with Crippen molar-refractivity contribution in [3.63, 3.8) is 0 Å². The number of H-pyrrole nitrogens is 1. The number of benzene rings is 1. The van der Waals surface area contributed by atoms with E-state index in [1.54, 1.807) is 12.3 Å². The fraction of sp³-hybridized carbons (Fsp3) is 0.333. The molecule has 2 aliphatic rings. The number of piperidine rings is 1. The quantitative estimate of drug-likeness (QED) is 0.689. The Hall–Kier alpha value is -2.61. The van der Waals surface area contributed by atoms with Gasteiger partial charge in [0.25, 0.3) is 0 Å². The van der Waals surface area contributed by atoms with Crippen molar-refractivity contribution in [2.24, 2.45) is 0 Å². The van der Waals surface area contributed by atoms with E-state index in [1.165, 1.54) is 0 Å². The normalized spacial score (nSPS) is 20.7. The van der Waals surface area contributed by atoms with Crippen LogP contribution >= 0.6 is 11.6 Å². The number of halogens is 1. The number of fused-ring (bicyclic) bond motifs is 1. The highest BCUT2D eigenvalue weighted by Crippen LogP contribution is 2.27. The zero-order valence-corrected chi connectivity index (χ0v) is 16.6. The summed E-state index contributed by atoms with van der Waals surface area (Å²) in [5, 5.41) is 0.629. The zero-order valence-electron chi connectivity index (χ0n) is 15.8. The number of hydrogen-bond acceptors (Lipinski definition) is 5. The number of hydroxylamine groups is 1. The average Bonchev–Trinajstić information content (AvgIpc) is 3.33. The van der Waals surface area contributed by atoms with Crippen LogP contribution in [-0.2, 0) is 4.84 Å². The summed E-state index contributed by atoms with van der Waals surface area (Å²) in [4.78, 5) is 27.8. The molecule has 8 heteroatoms. The van der Waals surface area contributed by atoms with E-state index in [1.807, 2.05) is 34.9 Å². The minimum absolute atomic E-state index is 0.0625. The molecule has 4 heterocycles. The third kappa shape index (κ3) is 3.69. The molecule has 1 saturated heterocycles. The van der Waals surface area contributed by atoms with Gasteiger partial charge >= 0.3 is 5.69 Å². The second-order valence-electron chi connectivity index (χ2n) is 7.56. The molecule has 0 amide bonds. The lowest BCUT2D eigenvalue weighted by Crippen LogP contribution is -2.38. The first-order valence-electron chi connectivity index (χ1n) is 9.83. The molecule has 5 rings (SSSR count). The molecule has 1 fully saturated rings. The van der Waals surface area contributed by atoms with Crippen molar-refractivity contribution >= 4 is 22.6 Å². The Morgan fingerprint density at radius 3 is 2.86 bits per heavy atom. The highest BCUT2D eigenvalue weighted by atomic mass is 35.5. The summed E-state index contributed by atoms with van der Waals surface area (Å²) in [6.07, 6.45) is 5.55. The van der Waals surface area contributed by atoms with Crippen LogP contribution in [0, 0.1) is 0 Å². The monoisotopic (exact) mass is 411 g/mol. The lowest BCUT2D eigenvalue weighted by atomic mass is 10.0. The third-order valence-corrected chi connectivity index (χ3v) is 5.88. The molecule has 0 saturated carbocycles. The molecule has 1 atom stereocenters. The van der Waals surface area contributed by atoms with Gasteiger partial charge in [-0.15, -0.1) is 0 Å². The minimum Gasteiger partial charge on any atom is -0.305 e. The number of rotatable bonds is 4. The predicted octanol–water partition coefficient (Wildman–Crippen LogP) is 3.17.